The number of rotatable bonds is 5. The topological polar surface area (TPSA) is 35.6 Å². The standard InChI is InChI=1S/C18H22ClN3OS/c1-14(18(23)20-13-17-6-3-11-24-17)21-7-9-22(10-8-21)16-5-2-4-15(19)12-16/h2-6,11-12,14H,7-10,13H2,1H3,(H,20,23)/t14-/m1/s1. The summed E-state index contributed by atoms with van der Waals surface area (Å²) in [5.74, 6) is 0.0969. The normalized spacial score (nSPS) is 16.8. The van der Waals surface area contributed by atoms with Crippen molar-refractivity contribution < 1.29 is 4.79 Å². The van der Waals surface area contributed by atoms with Crippen molar-refractivity contribution in [1.82, 2.24) is 10.2 Å². The highest BCUT2D eigenvalue weighted by atomic mass is 35.5. The number of hydrogen-bond acceptors (Lipinski definition) is 4. The van der Waals surface area contributed by atoms with Gasteiger partial charge in [0.25, 0.3) is 0 Å². The molecule has 0 bridgehead atoms. The van der Waals surface area contributed by atoms with Crippen molar-refractivity contribution in [3.8, 4) is 0 Å². The third-order valence-electron chi connectivity index (χ3n) is 4.43. The lowest BCUT2D eigenvalue weighted by Crippen LogP contribution is -2.53. The number of anilines is 1. The molecule has 1 aliphatic rings. The molecule has 1 N–H and O–H groups in total. The Morgan fingerprint density at radius 1 is 1.25 bits per heavy atom. The largest absolute Gasteiger partial charge is 0.369 e. The Kier molecular flexibility index (Phi) is 5.76. The van der Waals surface area contributed by atoms with Crippen LogP contribution in [0.1, 0.15) is 11.8 Å². The van der Waals surface area contributed by atoms with Gasteiger partial charge in [-0.05, 0) is 36.6 Å². The van der Waals surface area contributed by atoms with Crippen molar-refractivity contribution in [3.63, 3.8) is 0 Å². The Balaban J connectivity index is 1.49. The van der Waals surface area contributed by atoms with Crippen molar-refractivity contribution in [1.29, 1.82) is 0 Å². The Morgan fingerprint density at radius 3 is 2.71 bits per heavy atom. The van der Waals surface area contributed by atoms with Gasteiger partial charge in [0.1, 0.15) is 0 Å². The minimum Gasteiger partial charge on any atom is -0.369 e. The van der Waals surface area contributed by atoms with E-state index in [0.29, 0.717) is 6.54 Å². The number of halogens is 1. The first kappa shape index (κ1) is 17.3. The van der Waals surface area contributed by atoms with E-state index >= 15 is 0 Å². The van der Waals surface area contributed by atoms with E-state index in [0.717, 1.165) is 36.9 Å². The van der Waals surface area contributed by atoms with Crippen molar-refractivity contribution in [3.05, 3.63) is 51.7 Å². The first-order chi connectivity index (χ1) is 11.6. The molecule has 1 aliphatic heterocycles. The number of hydrogen-bond donors (Lipinski definition) is 1. The Hall–Kier alpha value is -1.56. The summed E-state index contributed by atoms with van der Waals surface area (Å²) >= 11 is 7.74. The highest BCUT2D eigenvalue weighted by Gasteiger charge is 2.25. The second-order valence-corrected chi connectivity index (χ2v) is 7.44. The van der Waals surface area contributed by atoms with Crippen LogP contribution in [0.15, 0.2) is 41.8 Å². The fourth-order valence-corrected chi connectivity index (χ4v) is 3.77. The Labute approximate surface area is 152 Å². The summed E-state index contributed by atoms with van der Waals surface area (Å²) in [6, 6.07) is 11.9. The molecule has 2 heterocycles. The monoisotopic (exact) mass is 363 g/mol. The minimum absolute atomic E-state index is 0.0969. The van der Waals surface area contributed by atoms with Crippen LogP contribution in [0.3, 0.4) is 0 Å². The molecule has 0 spiro atoms. The number of nitrogens with one attached hydrogen (secondary N) is 1. The SMILES string of the molecule is C[C@H](C(=O)NCc1cccs1)N1CCN(c2cccc(Cl)c2)CC1. The van der Waals surface area contributed by atoms with E-state index in [-0.39, 0.29) is 11.9 Å². The fourth-order valence-electron chi connectivity index (χ4n) is 2.94. The molecule has 0 unspecified atom stereocenters. The van der Waals surface area contributed by atoms with Gasteiger partial charge in [0.15, 0.2) is 0 Å². The molecule has 1 atom stereocenters. The number of benzene rings is 1. The molecule has 0 radical (unpaired) electrons. The number of nitrogens with zero attached hydrogens (tertiary/aromatic N) is 2. The van der Waals surface area contributed by atoms with Crippen LogP contribution in [0, 0.1) is 0 Å². The van der Waals surface area contributed by atoms with Crippen LogP contribution >= 0.6 is 22.9 Å². The minimum atomic E-state index is -0.105. The number of carbonyl (C=O) groups excluding carboxylic acids is 1. The molecule has 1 saturated heterocycles. The Morgan fingerprint density at radius 2 is 2.04 bits per heavy atom. The van der Waals surface area contributed by atoms with Crippen LogP contribution in [0.5, 0.6) is 0 Å². The summed E-state index contributed by atoms with van der Waals surface area (Å²) in [5.41, 5.74) is 1.15. The van der Waals surface area contributed by atoms with Crippen molar-refractivity contribution >= 4 is 34.5 Å². The highest BCUT2D eigenvalue weighted by Crippen LogP contribution is 2.21. The number of amides is 1. The maximum absolute atomic E-state index is 12.4. The first-order valence-corrected chi connectivity index (χ1v) is 9.44. The van der Waals surface area contributed by atoms with Crippen LogP contribution in [-0.2, 0) is 11.3 Å². The zero-order valence-corrected chi connectivity index (χ0v) is 15.3. The predicted molar refractivity (Wildman–Crippen MR) is 101 cm³/mol. The van der Waals surface area contributed by atoms with E-state index < -0.39 is 0 Å². The molecule has 1 fully saturated rings. The lowest BCUT2D eigenvalue weighted by atomic mass is 10.2. The van der Waals surface area contributed by atoms with Gasteiger partial charge >= 0.3 is 0 Å². The van der Waals surface area contributed by atoms with Gasteiger partial charge in [0, 0.05) is 41.8 Å². The summed E-state index contributed by atoms with van der Waals surface area (Å²) < 4.78 is 0. The van der Waals surface area contributed by atoms with Crippen molar-refractivity contribution in [2.45, 2.75) is 19.5 Å². The zero-order valence-electron chi connectivity index (χ0n) is 13.7. The van der Waals surface area contributed by atoms with Gasteiger partial charge in [0.2, 0.25) is 5.91 Å². The molecule has 3 rings (SSSR count). The van der Waals surface area contributed by atoms with Gasteiger partial charge in [-0.25, -0.2) is 0 Å². The molecule has 0 aliphatic carbocycles. The molecule has 2 aromatic rings. The van der Waals surface area contributed by atoms with Crippen LogP contribution < -0.4 is 10.2 Å². The van der Waals surface area contributed by atoms with Gasteiger partial charge in [-0.2, -0.15) is 0 Å². The highest BCUT2D eigenvalue weighted by molar-refractivity contribution is 7.09. The smallest absolute Gasteiger partial charge is 0.237 e. The van der Waals surface area contributed by atoms with Crippen LogP contribution in [-0.4, -0.2) is 43.0 Å². The molecule has 1 aromatic heterocycles. The Bertz CT molecular complexity index is 669. The molecule has 4 nitrogen and oxygen atoms in total. The van der Waals surface area contributed by atoms with Crippen LogP contribution in [0.2, 0.25) is 5.02 Å². The van der Waals surface area contributed by atoms with Crippen LogP contribution in [0.25, 0.3) is 0 Å². The molecular formula is C18H22ClN3OS. The first-order valence-electron chi connectivity index (χ1n) is 8.18. The summed E-state index contributed by atoms with van der Waals surface area (Å²) in [6.45, 7) is 6.16. The second-order valence-electron chi connectivity index (χ2n) is 5.98. The lowest BCUT2D eigenvalue weighted by Gasteiger charge is -2.38. The van der Waals surface area contributed by atoms with Gasteiger partial charge in [-0.3, -0.25) is 9.69 Å². The number of piperazine rings is 1. The average molecular weight is 364 g/mol. The maximum atomic E-state index is 12.4. The van der Waals surface area contributed by atoms with E-state index in [1.54, 1.807) is 11.3 Å². The molecule has 0 saturated carbocycles. The molecule has 1 aromatic carbocycles. The fraction of sp³-hybridized carbons (Fsp3) is 0.389. The van der Waals surface area contributed by atoms with E-state index in [2.05, 4.69) is 21.2 Å². The summed E-state index contributed by atoms with van der Waals surface area (Å²) in [7, 11) is 0. The summed E-state index contributed by atoms with van der Waals surface area (Å²) in [5, 5.41) is 5.82. The van der Waals surface area contributed by atoms with E-state index in [9.17, 15) is 4.79 Å². The molecular weight excluding hydrogens is 342 g/mol. The van der Waals surface area contributed by atoms with Crippen molar-refractivity contribution in [2.24, 2.45) is 0 Å². The summed E-state index contributed by atoms with van der Waals surface area (Å²) in [4.78, 5) is 18.1. The van der Waals surface area contributed by atoms with Crippen LogP contribution in [0.4, 0.5) is 5.69 Å². The molecule has 128 valence electrons. The molecule has 24 heavy (non-hydrogen) atoms. The molecule has 6 heteroatoms. The van der Waals surface area contributed by atoms with E-state index in [4.69, 9.17) is 11.6 Å². The third-order valence-corrected chi connectivity index (χ3v) is 5.54. The zero-order chi connectivity index (χ0) is 16.9. The summed E-state index contributed by atoms with van der Waals surface area (Å²) in [6.07, 6.45) is 0. The van der Waals surface area contributed by atoms with Crippen molar-refractivity contribution in [2.75, 3.05) is 31.1 Å². The quantitative estimate of drug-likeness (QED) is 0.885. The predicted octanol–water partition coefficient (Wildman–Crippen LogP) is 3.23. The van der Waals surface area contributed by atoms with Gasteiger partial charge in [0.05, 0.1) is 12.6 Å². The average Bonchev–Trinajstić information content (AvgIpc) is 3.13. The van der Waals surface area contributed by atoms with E-state index in [1.807, 2.05) is 42.6 Å². The van der Waals surface area contributed by atoms with Gasteiger partial charge < -0.3 is 10.2 Å². The number of carbonyl (C=O) groups is 1. The van der Waals surface area contributed by atoms with Gasteiger partial charge in [-0.15, -0.1) is 11.3 Å². The molecule has 1 amide bonds. The van der Waals surface area contributed by atoms with Gasteiger partial charge in [-0.1, -0.05) is 23.7 Å². The maximum Gasteiger partial charge on any atom is 0.237 e. The lowest BCUT2D eigenvalue weighted by molar-refractivity contribution is -0.126. The number of thiophene rings is 1. The third kappa shape index (κ3) is 4.29. The van der Waals surface area contributed by atoms with E-state index in [1.165, 1.54) is 4.88 Å². The second kappa shape index (κ2) is 8.01.